The minimum atomic E-state index is -2.94. The molecule has 2 N–H and O–H groups in total. The normalized spacial score (nSPS) is 11.5. The molecule has 8 nitrogen and oxygen atoms in total. The molecule has 0 aliphatic carbocycles. The molecule has 164 valence electrons. The van der Waals surface area contributed by atoms with Crippen LogP contribution in [-0.4, -0.2) is 40.5 Å². The minimum absolute atomic E-state index is 0.0364. The number of aryl methyl sites for hydroxylation is 1. The molecule has 0 amide bonds. The van der Waals surface area contributed by atoms with Gasteiger partial charge in [0.25, 0.3) is 0 Å². The monoisotopic (exact) mass is 422 g/mol. The van der Waals surface area contributed by atoms with E-state index in [4.69, 9.17) is 4.74 Å². The number of nitrogens with one attached hydrogen (secondary N) is 2. The van der Waals surface area contributed by atoms with Crippen molar-refractivity contribution in [1.82, 2.24) is 25.4 Å². The number of rotatable bonds is 11. The minimum Gasteiger partial charge on any atom is -0.493 e. The lowest BCUT2D eigenvalue weighted by molar-refractivity contribution is -0.0505. The van der Waals surface area contributed by atoms with Crippen molar-refractivity contribution in [3.05, 3.63) is 48.1 Å². The van der Waals surface area contributed by atoms with Gasteiger partial charge in [-0.25, -0.2) is 4.99 Å². The number of halogens is 2. The molecule has 1 heterocycles. The highest BCUT2D eigenvalue weighted by atomic mass is 19.3. The van der Waals surface area contributed by atoms with Crippen molar-refractivity contribution in [1.29, 1.82) is 0 Å². The van der Waals surface area contributed by atoms with E-state index < -0.39 is 6.61 Å². The topological polar surface area (TPSA) is 85.6 Å². The zero-order valence-electron chi connectivity index (χ0n) is 17.5. The van der Waals surface area contributed by atoms with Crippen molar-refractivity contribution in [3.63, 3.8) is 0 Å². The number of aromatic nitrogens is 3. The van der Waals surface area contributed by atoms with Crippen LogP contribution in [0.15, 0.2) is 35.8 Å². The number of alkyl halides is 2. The lowest BCUT2D eigenvalue weighted by atomic mass is 10.2. The highest BCUT2D eigenvalue weighted by molar-refractivity contribution is 5.79. The zero-order chi connectivity index (χ0) is 21.9. The van der Waals surface area contributed by atoms with E-state index in [1.807, 2.05) is 25.5 Å². The average Bonchev–Trinajstić information content (AvgIpc) is 3.04. The zero-order valence-corrected chi connectivity index (χ0v) is 17.5. The third-order valence-corrected chi connectivity index (χ3v) is 4.15. The van der Waals surface area contributed by atoms with E-state index in [0.717, 1.165) is 18.1 Å². The van der Waals surface area contributed by atoms with E-state index in [0.29, 0.717) is 37.0 Å². The van der Waals surface area contributed by atoms with Crippen LogP contribution in [0.25, 0.3) is 0 Å². The Balaban J connectivity index is 2.15. The van der Waals surface area contributed by atoms with Crippen LogP contribution in [0, 0.1) is 6.92 Å². The molecule has 0 bridgehead atoms. The number of nitrogens with zero attached hydrogens (tertiary/aromatic N) is 4. The number of aliphatic imine (C=N–C) groups is 1. The molecule has 0 saturated carbocycles. The van der Waals surface area contributed by atoms with Gasteiger partial charge in [0, 0.05) is 25.2 Å². The number of guanidine groups is 1. The Morgan fingerprint density at radius 1 is 1.33 bits per heavy atom. The number of hydrogen-bond acceptors (Lipinski definition) is 5. The van der Waals surface area contributed by atoms with Gasteiger partial charge in [0.1, 0.15) is 17.3 Å². The molecule has 0 aliphatic rings. The maximum Gasteiger partial charge on any atom is 0.387 e. The third-order valence-electron chi connectivity index (χ3n) is 4.15. The molecular formula is C20H28F2N6O2. The Bertz CT molecular complexity index is 854. The summed E-state index contributed by atoms with van der Waals surface area (Å²) in [6.45, 7) is 6.06. The molecule has 1 aromatic carbocycles. The molecule has 0 fully saturated rings. The molecular weight excluding hydrogens is 394 g/mol. The summed E-state index contributed by atoms with van der Waals surface area (Å²) in [6.07, 6.45) is 2.50. The van der Waals surface area contributed by atoms with Gasteiger partial charge in [-0.1, -0.05) is 13.0 Å². The van der Waals surface area contributed by atoms with Crippen LogP contribution in [0.2, 0.25) is 0 Å². The second-order valence-corrected chi connectivity index (χ2v) is 6.41. The Hall–Kier alpha value is -3.17. The summed E-state index contributed by atoms with van der Waals surface area (Å²) in [5, 5.41) is 14.3. The Morgan fingerprint density at radius 2 is 2.13 bits per heavy atom. The van der Waals surface area contributed by atoms with Gasteiger partial charge < -0.3 is 24.7 Å². The lowest BCUT2D eigenvalue weighted by Gasteiger charge is -2.14. The van der Waals surface area contributed by atoms with Crippen LogP contribution in [0.1, 0.15) is 30.6 Å². The molecule has 0 spiro atoms. The van der Waals surface area contributed by atoms with Crippen LogP contribution >= 0.6 is 0 Å². The van der Waals surface area contributed by atoms with Crippen LogP contribution in [-0.2, 0) is 20.1 Å². The molecule has 2 rings (SSSR count). The highest BCUT2D eigenvalue weighted by Gasteiger charge is 2.12. The number of ether oxygens (including phenoxy) is 2. The van der Waals surface area contributed by atoms with E-state index in [1.54, 1.807) is 18.2 Å². The van der Waals surface area contributed by atoms with Crippen molar-refractivity contribution < 1.29 is 18.3 Å². The lowest BCUT2D eigenvalue weighted by Crippen LogP contribution is -2.37. The number of benzene rings is 1. The van der Waals surface area contributed by atoms with E-state index in [9.17, 15) is 8.78 Å². The summed E-state index contributed by atoms with van der Waals surface area (Å²) in [4.78, 5) is 4.47. The molecule has 30 heavy (non-hydrogen) atoms. The van der Waals surface area contributed by atoms with Crippen molar-refractivity contribution >= 4 is 5.96 Å². The van der Waals surface area contributed by atoms with E-state index in [1.165, 1.54) is 6.07 Å². The summed E-state index contributed by atoms with van der Waals surface area (Å²) >= 11 is 0. The predicted molar refractivity (Wildman–Crippen MR) is 111 cm³/mol. The maximum atomic E-state index is 12.8. The first-order valence-corrected chi connectivity index (χ1v) is 9.63. The fourth-order valence-corrected chi connectivity index (χ4v) is 2.46. The van der Waals surface area contributed by atoms with Crippen LogP contribution in [0.3, 0.4) is 0 Å². The fourth-order valence-electron chi connectivity index (χ4n) is 2.46. The first kappa shape index (κ1) is 23.1. The van der Waals surface area contributed by atoms with E-state index in [2.05, 4.69) is 37.1 Å². The fraction of sp³-hybridized carbons (Fsp3) is 0.450. The van der Waals surface area contributed by atoms with Gasteiger partial charge >= 0.3 is 6.61 Å². The van der Waals surface area contributed by atoms with Crippen molar-refractivity contribution in [2.75, 3.05) is 13.2 Å². The second-order valence-electron chi connectivity index (χ2n) is 6.41. The molecule has 0 radical (unpaired) electrons. The summed E-state index contributed by atoms with van der Waals surface area (Å²) in [7, 11) is 1.87. The molecule has 0 aliphatic heterocycles. The third kappa shape index (κ3) is 7.02. The molecule has 0 unspecified atom stereocenters. The molecule has 0 saturated heterocycles. The van der Waals surface area contributed by atoms with E-state index >= 15 is 0 Å². The number of hydrogen-bond donors (Lipinski definition) is 2. The average molecular weight is 422 g/mol. The van der Waals surface area contributed by atoms with Crippen molar-refractivity contribution in [2.24, 2.45) is 12.0 Å². The van der Waals surface area contributed by atoms with Gasteiger partial charge in [0.05, 0.1) is 19.7 Å². The van der Waals surface area contributed by atoms with Gasteiger partial charge in [-0.05, 0) is 25.5 Å². The van der Waals surface area contributed by atoms with Gasteiger partial charge in [0.15, 0.2) is 11.8 Å². The predicted octanol–water partition coefficient (Wildman–Crippen LogP) is 2.94. The van der Waals surface area contributed by atoms with Crippen molar-refractivity contribution in [3.8, 4) is 11.5 Å². The summed E-state index contributed by atoms with van der Waals surface area (Å²) < 4.78 is 37.7. The summed E-state index contributed by atoms with van der Waals surface area (Å²) in [5.41, 5.74) is 0.508. The largest absolute Gasteiger partial charge is 0.493 e. The van der Waals surface area contributed by atoms with Gasteiger partial charge in [-0.2, -0.15) is 8.78 Å². The Morgan fingerprint density at radius 3 is 2.77 bits per heavy atom. The Kier molecular flexibility index (Phi) is 9.04. The SMILES string of the molecule is C=CCNC(=NCc1ccc(OCCC)cc1OC(F)F)NCc1nnc(C)n1C. The molecule has 10 heteroatoms. The first-order valence-electron chi connectivity index (χ1n) is 9.63. The summed E-state index contributed by atoms with van der Waals surface area (Å²) in [5.74, 6) is 2.52. The highest BCUT2D eigenvalue weighted by Crippen LogP contribution is 2.27. The van der Waals surface area contributed by atoms with Crippen LogP contribution < -0.4 is 20.1 Å². The molecule has 1 aromatic heterocycles. The van der Waals surface area contributed by atoms with Gasteiger partial charge in [-0.15, -0.1) is 16.8 Å². The molecule has 2 aromatic rings. The van der Waals surface area contributed by atoms with Gasteiger partial charge in [-0.3, -0.25) is 0 Å². The quantitative estimate of drug-likeness (QED) is 0.329. The summed E-state index contributed by atoms with van der Waals surface area (Å²) in [6, 6.07) is 4.84. The standard InChI is InChI=1S/C20H28F2N6O2/c1-5-9-23-20(25-13-18-27-26-14(3)28(18)4)24-12-15-7-8-16(29-10-6-2)11-17(15)30-19(21)22/h5,7-8,11,19H,1,6,9-10,12-13H2,2-4H3,(H2,23,24,25). The van der Waals surface area contributed by atoms with Gasteiger partial charge in [0.2, 0.25) is 0 Å². The Labute approximate surface area is 175 Å². The molecule has 0 atom stereocenters. The van der Waals surface area contributed by atoms with E-state index in [-0.39, 0.29) is 12.3 Å². The van der Waals surface area contributed by atoms with Crippen molar-refractivity contribution in [2.45, 2.75) is 40.0 Å². The van der Waals surface area contributed by atoms with Crippen LogP contribution in [0.4, 0.5) is 8.78 Å². The first-order chi connectivity index (χ1) is 14.4. The second kappa shape index (κ2) is 11.7. The smallest absolute Gasteiger partial charge is 0.387 e. The maximum absolute atomic E-state index is 12.8. The van der Waals surface area contributed by atoms with Crippen LogP contribution in [0.5, 0.6) is 11.5 Å².